The highest BCUT2D eigenvalue weighted by molar-refractivity contribution is 6.05. The Labute approximate surface area is 118 Å². The van der Waals surface area contributed by atoms with Gasteiger partial charge in [-0.1, -0.05) is 18.2 Å². The maximum absolute atomic E-state index is 11.8. The third-order valence-electron chi connectivity index (χ3n) is 3.26. The molecule has 2 rings (SSSR count). The van der Waals surface area contributed by atoms with Crippen LogP contribution in [-0.2, 0) is 16.1 Å². The SMILES string of the molecule is CC(C)Oc1ccccc1CNC1CC(=O)N(C)C1=O. The summed E-state index contributed by atoms with van der Waals surface area (Å²) in [6, 6.07) is 7.28. The van der Waals surface area contributed by atoms with Crippen LogP contribution in [0.25, 0.3) is 0 Å². The maximum atomic E-state index is 11.8. The molecule has 2 amide bonds. The van der Waals surface area contributed by atoms with E-state index in [4.69, 9.17) is 4.74 Å². The number of ether oxygens (including phenoxy) is 1. The molecule has 0 radical (unpaired) electrons. The Balaban J connectivity index is 2.01. The molecule has 1 aromatic rings. The van der Waals surface area contributed by atoms with E-state index in [1.807, 2.05) is 38.1 Å². The Bertz CT molecular complexity index is 514. The van der Waals surface area contributed by atoms with E-state index >= 15 is 0 Å². The highest BCUT2D eigenvalue weighted by atomic mass is 16.5. The van der Waals surface area contributed by atoms with Crippen molar-refractivity contribution in [2.75, 3.05) is 7.05 Å². The number of para-hydroxylation sites is 1. The second-order valence-corrected chi connectivity index (χ2v) is 5.20. The van der Waals surface area contributed by atoms with Crippen molar-refractivity contribution >= 4 is 11.8 Å². The lowest BCUT2D eigenvalue weighted by atomic mass is 10.1. The van der Waals surface area contributed by atoms with Crippen LogP contribution in [0.2, 0.25) is 0 Å². The molecule has 1 aromatic carbocycles. The standard InChI is InChI=1S/C15H20N2O3/c1-10(2)20-13-7-5-4-6-11(13)9-16-12-8-14(18)17(3)15(12)19/h4-7,10,12,16H,8-9H2,1-3H3. The van der Waals surface area contributed by atoms with Crippen molar-refractivity contribution in [1.82, 2.24) is 10.2 Å². The molecular weight excluding hydrogens is 256 g/mol. The van der Waals surface area contributed by atoms with E-state index in [1.54, 1.807) is 0 Å². The largest absolute Gasteiger partial charge is 0.491 e. The molecule has 1 atom stereocenters. The fourth-order valence-corrected chi connectivity index (χ4v) is 2.17. The van der Waals surface area contributed by atoms with Gasteiger partial charge in [0.05, 0.1) is 18.6 Å². The predicted molar refractivity (Wildman–Crippen MR) is 75.2 cm³/mol. The molecule has 1 fully saturated rings. The zero-order chi connectivity index (χ0) is 14.7. The molecule has 1 unspecified atom stereocenters. The van der Waals surface area contributed by atoms with Gasteiger partial charge in [-0.25, -0.2) is 0 Å². The molecule has 5 heteroatoms. The van der Waals surface area contributed by atoms with Crippen molar-refractivity contribution in [2.45, 2.75) is 39.0 Å². The molecule has 20 heavy (non-hydrogen) atoms. The Morgan fingerprint density at radius 3 is 2.65 bits per heavy atom. The van der Waals surface area contributed by atoms with Crippen LogP contribution in [0.1, 0.15) is 25.8 Å². The van der Waals surface area contributed by atoms with E-state index in [0.717, 1.165) is 11.3 Å². The Kier molecular flexibility index (Phi) is 4.39. The minimum atomic E-state index is -0.431. The van der Waals surface area contributed by atoms with Crippen LogP contribution in [0.15, 0.2) is 24.3 Å². The van der Waals surface area contributed by atoms with Gasteiger partial charge >= 0.3 is 0 Å². The Morgan fingerprint density at radius 2 is 2.05 bits per heavy atom. The van der Waals surface area contributed by atoms with Gasteiger partial charge in [0, 0.05) is 19.2 Å². The Morgan fingerprint density at radius 1 is 1.35 bits per heavy atom. The lowest BCUT2D eigenvalue weighted by Gasteiger charge is -2.16. The van der Waals surface area contributed by atoms with Gasteiger partial charge in [0.15, 0.2) is 0 Å². The number of hydrogen-bond acceptors (Lipinski definition) is 4. The number of carbonyl (C=O) groups is 2. The highest BCUT2D eigenvalue weighted by Gasteiger charge is 2.35. The number of likely N-dealkylation sites (N-methyl/N-ethyl adjacent to an activating group) is 1. The number of benzene rings is 1. The zero-order valence-corrected chi connectivity index (χ0v) is 12.1. The van der Waals surface area contributed by atoms with E-state index in [-0.39, 0.29) is 24.3 Å². The molecule has 1 N–H and O–H groups in total. The van der Waals surface area contributed by atoms with Crippen LogP contribution in [0.3, 0.4) is 0 Å². The van der Waals surface area contributed by atoms with Crippen molar-refractivity contribution in [3.8, 4) is 5.75 Å². The van der Waals surface area contributed by atoms with Crippen LogP contribution < -0.4 is 10.1 Å². The summed E-state index contributed by atoms with van der Waals surface area (Å²) in [4.78, 5) is 24.4. The summed E-state index contributed by atoms with van der Waals surface area (Å²) in [7, 11) is 1.52. The first-order valence-electron chi connectivity index (χ1n) is 6.77. The van der Waals surface area contributed by atoms with Crippen LogP contribution in [-0.4, -0.2) is 35.9 Å². The van der Waals surface area contributed by atoms with Crippen molar-refractivity contribution in [2.24, 2.45) is 0 Å². The van der Waals surface area contributed by atoms with E-state index in [2.05, 4.69) is 5.32 Å². The smallest absolute Gasteiger partial charge is 0.246 e. The van der Waals surface area contributed by atoms with Gasteiger partial charge in [-0.3, -0.25) is 14.5 Å². The first-order chi connectivity index (χ1) is 9.49. The summed E-state index contributed by atoms with van der Waals surface area (Å²) >= 11 is 0. The van der Waals surface area contributed by atoms with E-state index < -0.39 is 6.04 Å². The summed E-state index contributed by atoms with van der Waals surface area (Å²) in [5.41, 5.74) is 0.982. The molecule has 108 valence electrons. The third kappa shape index (κ3) is 3.17. The van der Waals surface area contributed by atoms with Crippen LogP contribution in [0.4, 0.5) is 0 Å². The number of nitrogens with zero attached hydrogens (tertiary/aromatic N) is 1. The number of rotatable bonds is 5. The fraction of sp³-hybridized carbons (Fsp3) is 0.467. The number of carbonyl (C=O) groups excluding carboxylic acids is 2. The summed E-state index contributed by atoms with van der Waals surface area (Å²) < 4.78 is 5.73. The first kappa shape index (κ1) is 14.5. The van der Waals surface area contributed by atoms with E-state index in [9.17, 15) is 9.59 Å². The maximum Gasteiger partial charge on any atom is 0.246 e. The van der Waals surface area contributed by atoms with Crippen LogP contribution in [0, 0.1) is 0 Å². The molecule has 0 saturated carbocycles. The molecule has 1 saturated heterocycles. The molecule has 0 aliphatic carbocycles. The summed E-state index contributed by atoms with van der Waals surface area (Å²) in [6.07, 6.45) is 0.319. The topological polar surface area (TPSA) is 58.6 Å². The number of amides is 2. The third-order valence-corrected chi connectivity index (χ3v) is 3.26. The van der Waals surface area contributed by atoms with Gasteiger partial charge in [-0.05, 0) is 19.9 Å². The molecule has 0 bridgehead atoms. The van der Waals surface area contributed by atoms with Crippen LogP contribution in [0.5, 0.6) is 5.75 Å². The zero-order valence-electron chi connectivity index (χ0n) is 12.1. The van der Waals surface area contributed by atoms with Gasteiger partial charge < -0.3 is 10.1 Å². The molecule has 0 aromatic heterocycles. The second kappa shape index (κ2) is 6.05. The van der Waals surface area contributed by atoms with Gasteiger partial charge in [0.25, 0.3) is 0 Å². The molecule has 1 aliphatic rings. The van der Waals surface area contributed by atoms with Crippen molar-refractivity contribution in [3.05, 3.63) is 29.8 Å². The van der Waals surface area contributed by atoms with Crippen LogP contribution >= 0.6 is 0 Å². The molecular formula is C15H20N2O3. The monoisotopic (exact) mass is 276 g/mol. The molecule has 1 aliphatic heterocycles. The van der Waals surface area contributed by atoms with Gasteiger partial charge in [0.1, 0.15) is 5.75 Å². The minimum Gasteiger partial charge on any atom is -0.491 e. The second-order valence-electron chi connectivity index (χ2n) is 5.20. The average Bonchev–Trinajstić information content (AvgIpc) is 2.65. The quantitative estimate of drug-likeness (QED) is 0.824. The lowest BCUT2D eigenvalue weighted by Crippen LogP contribution is -2.36. The lowest BCUT2D eigenvalue weighted by molar-refractivity contribution is -0.137. The first-order valence-corrected chi connectivity index (χ1v) is 6.77. The van der Waals surface area contributed by atoms with Crippen molar-refractivity contribution in [3.63, 3.8) is 0 Å². The number of imide groups is 1. The minimum absolute atomic E-state index is 0.0944. The Hall–Kier alpha value is -1.88. The highest BCUT2D eigenvalue weighted by Crippen LogP contribution is 2.20. The van der Waals surface area contributed by atoms with Crippen molar-refractivity contribution in [1.29, 1.82) is 0 Å². The molecule has 0 spiro atoms. The summed E-state index contributed by atoms with van der Waals surface area (Å²) in [5.74, 6) is 0.497. The number of hydrogen-bond donors (Lipinski definition) is 1. The summed E-state index contributed by atoms with van der Waals surface area (Å²) in [5, 5.41) is 3.13. The normalized spacial score (nSPS) is 19.0. The van der Waals surface area contributed by atoms with Crippen molar-refractivity contribution < 1.29 is 14.3 Å². The molecule has 1 heterocycles. The van der Waals surface area contributed by atoms with E-state index in [1.165, 1.54) is 11.9 Å². The van der Waals surface area contributed by atoms with Gasteiger partial charge in [0.2, 0.25) is 11.8 Å². The van der Waals surface area contributed by atoms with E-state index in [0.29, 0.717) is 6.54 Å². The van der Waals surface area contributed by atoms with Gasteiger partial charge in [-0.2, -0.15) is 0 Å². The predicted octanol–water partition coefficient (Wildman–Crippen LogP) is 1.32. The molecule has 5 nitrogen and oxygen atoms in total. The fourth-order valence-electron chi connectivity index (χ4n) is 2.17. The number of likely N-dealkylation sites (tertiary alicyclic amines) is 1. The van der Waals surface area contributed by atoms with Gasteiger partial charge in [-0.15, -0.1) is 0 Å². The number of nitrogens with one attached hydrogen (secondary N) is 1. The summed E-state index contributed by atoms with van der Waals surface area (Å²) in [6.45, 7) is 4.44. The average molecular weight is 276 g/mol.